The molecule has 1 unspecified atom stereocenters. The number of anilines is 1. The molecular weight excluding hydrogens is 446 g/mol. The van der Waals surface area contributed by atoms with Crippen LogP contribution in [0.4, 0.5) is 11.4 Å². The molecule has 1 saturated heterocycles. The summed E-state index contributed by atoms with van der Waals surface area (Å²) in [5.74, 6) is -1.51. The highest BCUT2D eigenvalue weighted by Gasteiger charge is 2.30. The Bertz CT molecular complexity index is 1090. The van der Waals surface area contributed by atoms with Crippen LogP contribution < -0.4 is 4.90 Å². The van der Waals surface area contributed by atoms with E-state index in [4.69, 9.17) is 4.74 Å². The summed E-state index contributed by atoms with van der Waals surface area (Å²) in [6.07, 6.45) is 0. The smallest absolute Gasteiger partial charge is 0.318 e. The molecule has 10 heteroatoms. The number of hydrogen-bond acceptors (Lipinski definition) is 7. The van der Waals surface area contributed by atoms with Gasteiger partial charge in [0.1, 0.15) is 10.6 Å². The van der Waals surface area contributed by atoms with Crippen molar-refractivity contribution in [3.05, 3.63) is 63.7 Å². The van der Waals surface area contributed by atoms with Crippen LogP contribution in [0.15, 0.2) is 47.4 Å². The fraction of sp³-hybridized carbons (Fsp3) is 0.391. The van der Waals surface area contributed by atoms with Gasteiger partial charge in [0, 0.05) is 43.0 Å². The van der Waals surface area contributed by atoms with E-state index in [1.165, 1.54) is 12.1 Å². The standard InChI is InChI=1S/C23H27N3O6S/c1-4-32-22(27)15-33(31)21-9-8-18(13-20(21)26(29)30)23(28)24-10-11-25(17(3)14-24)19-7-5-6-16(2)12-19/h5-9,12-13,17H,4,10-11,14-15H2,1-3H3/t17-,33?/m0/s1. The first-order chi connectivity index (χ1) is 15.7. The number of benzene rings is 2. The lowest BCUT2D eigenvalue weighted by molar-refractivity contribution is -0.387. The lowest BCUT2D eigenvalue weighted by Crippen LogP contribution is -2.53. The molecule has 9 nitrogen and oxygen atoms in total. The Morgan fingerprint density at radius 3 is 2.61 bits per heavy atom. The number of carbonyl (C=O) groups is 2. The normalized spacial score (nSPS) is 16.9. The minimum Gasteiger partial charge on any atom is -0.465 e. The molecule has 0 aliphatic carbocycles. The molecule has 2 aromatic rings. The summed E-state index contributed by atoms with van der Waals surface area (Å²) in [5, 5.41) is 11.6. The topological polar surface area (TPSA) is 110 Å². The molecule has 1 heterocycles. The van der Waals surface area contributed by atoms with Gasteiger partial charge in [-0.3, -0.25) is 23.9 Å². The number of carbonyl (C=O) groups excluding carboxylic acids is 2. The number of nitro benzene ring substituents is 1. The molecule has 1 aliphatic rings. The van der Waals surface area contributed by atoms with Crippen molar-refractivity contribution >= 4 is 34.1 Å². The van der Waals surface area contributed by atoms with E-state index in [1.54, 1.807) is 11.8 Å². The number of esters is 1. The van der Waals surface area contributed by atoms with E-state index < -0.39 is 33.1 Å². The molecule has 0 saturated carbocycles. The molecule has 1 fully saturated rings. The van der Waals surface area contributed by atoms with Gasteiger partial charge in [-0.15, -0.1) is 0 Å². The van der Waals surface area contributed by atoms with Gasteiger partial charge in [-0.05, 0) is 50.6 Å². The Labute approximate surface area is 194 Å². The van der Waals surface area contributed by atoms with Crippen LogP contribution in [-0.2, 0) is 20.3 Å². The first-order valence-corrected chi connectivity index (χ1v) is 12.0. The third-order valence-electron chi connectivity index (χ3n) is 5.45. The van der Waals surface area contributed by atoms with Crippen LogP contribution in [0.5, 0.6) is 0 Å². The number of nitrogens with zero attached hydrogens (tertiary/aromatic N) is 3. The number of ether oxygens (including phenoxy) is 1. The van der Waals surface area contributed by atoms with Gasteiger partial charge >= 0.3 is 5.97 Å². The lowest BCUT2D eigenvalue weighted by atomic mass is 10.1. The average Bonchev–Trinajstić information content (AvgIpc) is 2.78. The minimum atomic E-state index is -1.95. The highest BCUT2D eigenvalue weighted by atomic mass is 32.2. The summed E-state index contributed by atoms with van der Waals surface area (Å²) < 4.78 is 17.2. The maximum atomic E-state index is 13.1. The average molecular weight is 474 g/mol. The SMILES string of the molecule is CCOC(=O)CS(=O)c1ccc(C(=O)N2CCN(c3cccc(C)c3)[C@@H](C)C2)cc1[N+](=O)[O-]. The van der Waals surface area contributed by atoms with E-state index in [2.05, 4.69) is 11.0 Å². The van der Waals surface area contributed by atoms with Crippen LogP contribution in [0.2, 0.25) is 0 Å². The number of rotatable bonds is 7. The zero-order valence-electron chi connectivity index (χ0n) is 18.9. The molecular formula is C23H27N3O6S. The minimum absolute atomic E-state index is 0.0656. The van der Waals surface area contributed by atoms with Crippen LogP contribution >= 0.6 is 0 Å². The molecule has 0 N–H and O–H groups in total. The first-order valence-electron chi connectivity index (χ1n) is 10.7. The van der Waals surface area contributed by atoms with E-state index >= 15 is 0 Å². The number of hydrogen-bond donors (Lipinski definition) is 0. The quantitative estimate of drug-likeness (QED) is 0.345. The van der Waals surface area contributed by atoms with Crippen LogP contribution in [0, 0.1) is 17.0 Å². The van der Waals surface area contributed by atoms with E-state index in [0.717, 1.165) is 17.3 Å². The summed E-state index contributed by atoms with van der Waals surface area (Å²) in [7, 11) is -1.95. The van der Waals surface area contributed by atoms with Crippen LogP contribution in [0.1, 0.15) is 29.8 Å². The van der Waals surface area contributed by atoms with Crippen LogP contribution in [-0.4, -0.2) is 63.9 Å². The van der Waals surface area contributed by atoms with Crippen LogP contribution in [0.25, 0.3) is 0 Å². The molecule has 33 heavy (non-hydrogen) atoms. The summed E-state index contributed by atoms with van der Waals surface area (Å²) in [5.41, 5.74) is 1.95. The van der Waals surface area contributed by atoms with Gasteiger partial charge in [0.05, 0.1) is 22.3 Å². The predicted octanol–water partition coefficient (Wildman–Crippen LogP) is 2.92. The van der Waals surface area contributed by atoms with Gasteiger partial charge < -0.3 is 14.5 Å². The number of nitro groups is 1. The van der Waals surface area contributed by atoms with Gasteiger partial charge in [-0.25, -0.2) is 0 Å². The maximum Gasteiger partial charge on any atom is 0.318 e. The Morgan fingerprint density at radius 2 is 1.97 bits per heavy atom. The lowest BCUT2D eigenvalue weighted by Gasteiger charge is -2.41. The Morgan fingerprint density at radius 1 is 1.21 bits per heavy atom. The van der Waals surface area contributed by atoms with E-state index in [0.29, 0.717) is 19.6 Å². The van der Waals surface area contributed by atoms with Crippen molar-refractivity contribution in [3.8, 4) is 0 Å². The molecule has 2 atom stereocenters. The number of amides is 1. The highest BCUT2D eigenvalue weighted by molar-refractivity contribution is 7.85. The van der Waals surface area contributed by atoms with Gasteiger partial charge in [-0.1, -0.05) is 12.1 Å². The van der Waals surface area contributed by atoms with Crippen molar-refractivity contribution in [1.82, 2.24) is 4.90 Å². The van der Waals surface area contributed by atoms with E-state index in [1.807, 2.05) is 32.0 Å². The van der Waals surface area contributed by atoms with Gasteiger partial charge in [0.15, 0.2) is 0 Å². The fourth-order valence-corrected chi connectivity index (χ4v) is 4.93. The second-order valence-electron chi connectivity index (χ2n) is 7.87. The van der Waals surface area contributed by atoms with Crippen molar-refractivity contribution in [2.45, 2.75) is 31.7 Å². The van der Waals surface area contributed by atoms with Crippen molar-refractivity contribution in [2.24, 2.45) is 0 Å². The third-order valence-corrected chi connectivity index (χ3v) is 6.78. The zero-order valence-corrected chi connectivity index (χ0v) is 19.7. The zero-order chi connectivity index (χ0) is 24.1. The van der Waals surface area contributed by atoms with Crippen molar-refractivity contribution in [1.29, 1.82) is 0 Å². The molecule has 2 aromatic carbocycles. The molecule has 0 radical (unpaired) electrons. The van der Waals surface area contributed by atoms with Crippen molar-refractivity contribution in [2.75, 3.05) is 36.9 Å². The second-order valence-corrected chi connectivity index (χ2v) is 9.29. The monoisotopic (exact) mass is 473 g/mol. The Hall–Kier alpha value is -3.27. The van der Waals surface area contributed by atoms with E-state index in [-0.39, 0.29) is 29.0 Å². The second kappa shape index (κ2) is 10.6. The largest absolute Gasteiger partial charge is 0.465 e. The molecule has 0 aromatic heterocycles. The third kappa shape index (κ3) is 5.75. The van der Waals surface area contributed by atoms with Gasteiger partial charge in [0.2, 0.25) is 0 Å². The summed E-state index contributed by atoms with van der Waals surface area (Å²) in [6, 6.07) is 12.1. The summed E-state index contributed by atoms with van der Waals surface area (Å²) >= 11 is 0. The Kier molecular flexibility index (Phi) is 7.80. The summed E-state index contributed by atoms with van der Waals surface area (Å²) in [4.78, 5) is 39.4. The summed E-state index contributed by atoms with van der Waals surface area (Å²) in [6.45, 7) is 7.39. The molecule has 1 amide bonds. The highest BCUT2D eigenvalue weighted by Crippen LogP contribution is 2.26. The van der Waals surface area contributed by atoms with Gasteiger partial charge in [-0.2, -0.15) is 0 Å². The van der Waals surface area contributed by atoms with E-state index in [9.17, 15) is 23.9 Å². The van der Waals surface area contributed by atoms with Gasteiger partial charge in [0.25, 0.3) is 11.6 Å². The molecule has 176 valence electrons. The molecule has 0 spiro atoms. The molecule has 0 bridgehead atoms. The van der Waals surface area contributed by atoms with Crippen molar-refractivity contribution < 1.29 is 23.5 Å². The Balaban J connectivity index is 1.76. The number of piperazine rings is 1. The fourth-order valence-electron chi connectivity index (χ4n) is 3.89. The van der Waals surface area contributed by atoms with Crippen LogP contribution in [0.3, 0.4) is 0 Å². The predicted molar refractivity (Wildman–Crippen MR) is 125 cm³/mol. The first kappa shape index (κ1) is 24.4. The number of aryl methyl sites for hydroxylation is 1. The maximum absolute atomic E-state index is 13.1. The molecule has 1 aliphatic heterocycles. The molecule has 3 rings (SSSR count). The van der Waals surface area contributed by atoms with Crippen molar-refractivity contribution in [3.63, 3.8) is 0 Å².